The van der Waals surface area contributed by atoms with Crippen molar-refractivity contribution in [1.82, 2.24) is 10.2 Å². The van der Waals surface area contributed by atoms with E-state index in [1.54, 1.807) is 4.90 Å². The molecule has 0 radical (unpaired) electrons. The Hall–Kier alpha value is -1.86. The lowest BCUT2D eigenvalue weighted by atomic mass is 9.91. The molecule has 25 heavy (non-hydrogen) atoms. The summed E-state index contributed by atoms with van der Waals surface area (Å²) < 4.78 is 20.1. The highest BCUT2D eigenvalue weighted by Crippen LogP contribution is 2.45. The zero-order valence-corrected chi connectivity index (χ0v) is 14.7. The van der Waals surface area contributed by atoms with E-state index in [0.717, 1.165) is 18.4 Å². The van der Waals surface area contributed by atoms with E-state index in [2.05, 4.69) is 5.32 Å². The van der Waals surface area contributed by atoms with Gasteiger partial charge in [0.15, 0.2) is 0 Å². The van der Waals surface area contributed by atoms with Crippen LogP contribution in [-0.4, -0.2) is 42.1 Å². The minimum absolute atomic E-state index is 0.178. The molecule has 1 spiro atoms. The minimum atomic E-state index is -0.486. The van der Waals surface area contributed by atoms with Crippen LogP contribution in [0.2, 0.25) is 5.02 Å². The summed E-state index contributed by atoms with van der Waals surface area (Å²) >= 11 is 7.57. The molecule has 0 bridgehead atoms. The highest BCUT2D eigenvalue weighted by atomic mass is 35.5. The third-order valence-electron chi connectivity index (χ3n) is 5.07. The van der Waals surface area contributed by atoms with Crippen LogP contribution in [0.5, 0.6) is 0 Å². The van der Waals surface area contributed by atoms with Gasteiger partial charge in [0.2, 0.25) is 0 Å². The van der Waals surface area contributed by atoms with Crippen molar-refractivity contribution in [3.8, 4) is 0 Å². The van der Waals surface area contributed by atoms with Gasteiger partial charge in [-0.25, -0.2) is 9.18 Å². The maximum absolute atomic E-state index is 14.5. The van der Waals surface area contributed by atoms with Crippen LogP contribution in [0.15, 0.2) is 12.1 Å². The molecule has 5 rings (SSSR count). The Labute approximate surface area is 151 Å². The first-order valence-electron chi connectivity index (χ1n) is 8.11. The van der Waals surface area contributed by atoms with Crippen molar-refractivity contribution in [2.24, 2.45) is 0 Å². The standard InChI is InChI=1S/C17H14ClFN2O3S/c18-13-12-10(19)3-9(8-1-2-8)4-11(12)25-14(13)15(22)21-5-17(6-21)7-24-16(23)20-17/h3-4,8H,1-2,5-7H2,(H,20,23). The molecule has 3 heterocycles. The van der Waals surface area contributed by atoms with E-state index in [9.17, 15) is 14.0 Å². The number of hydrogen-bond donors (Lipinski definition) is 1. The predicted molar refractivity (Wildman–Crippen MR) is 91.9 cm³/mol. The van der Waals surface area contributed by atoms with Gasteiger partial charge in [0.05, 0.1) is 5.02 Å². The van der Waals surface area contributed by atoms with Gasteiger partial charge in [-0.3, -0.25) is 4.79 Å². The van der Waals surface area contributed by atoms with Gasteiger partial charge in [-0.15, -0.1) is 11.3 Å². The Bertz CT molecular complexity index is 934. The fraction of sp³-hybridized carbons (Fsp3) is 0.412. The number of hydrogen-bond acceptors (Lipinski definition) is 4. The summed E-state index contributed by atoms with van der Waals surface area (Å²) in [6.07, 6.45) is 1.71. The number of benzene rings is 1. The number of ether oxygens (including phenoxy) is 1. The fourth-order valence-corrected chi connectivity index (χ4v) is 5.16. The van der Waals surface area contributed by atoms with Crippen LogP contribution in [0.1, 0.15) is 34.0 Å². The number of thiophene rings is 1. The second-order valence-electron chi connectivity index (χ2n) is 7.04. The number of alkyl carbamates (subject to hydrolysis) is 1. The van der Waals surface area contributed by atoms with Crippen molar-refractivity contribution < 1.29 is 18.7 Å². The molecule has 3 aliphatic rings. The van der Waals surface area contributed by atoms with E-state index in [1.165, 1.54) is 17.4 Å². The number of nitrogens with zero attached hydrogens (tertiary/aromatic N) is 1. The van der Waals surface area contributed by atoms with Gasteiger partial charge in [0.25, 0.3) is 5.91 Å². The lowest BCUT2D eigenvalue weighted by Crippen LogP contribution is -2.69. The molecule has 1 aromatic carbocycles. The lowest BCUT2D eigenvalue weighted by molar-refractivity contribution is 0.0322. The van der Waals surface area contributed by atoms with Gasteiger partial charge in [0, 0.05) is 23.2 Å². The lowest BCUT2D eigenvalue weighted by Gasteiger charge is -2.45. The number of carbonyl (C=O) groups excluding carboxylic acids is 2. The van der Waals surface area contributed by atoms with Crippen LogP contribution >= 0.6 is 22.9 Å². The maximum atomic E-state index is 14.5. The van der Waals surface area contributed by atoms with Crippen LogP contribution in [0.3, 0.4) is 0 Å². The van der Waals surface area contributed by atoms with Crippen LogP contribution in [-0.2, 0) is 4.74 Å². The quantitative estimate of drug-likeness (QED) is 0.867. The Morgan fingerprint density at radius 1 is 1.40 bits per heavy atom. The van der Waals surface area contributed by atoms with Crippen molar-refractivity contribution in [3.63, 3.8) is 0 Å². The second kappa shape index (κ2) is 5.08. The van der Waals surface area contributed by atoms with Gasteiger partial charge in [-0.2, -0.15) is 0 Å². The average Bonchev–Trinajstić information content (AvgIpc) is 3.23. The average molecular weight is 381 g/mol. The molecule has 8 heteroatoms. The van der Waals surface area contributed by atoms with Crippen LogP contribution in [0.4, 0.5) is 9.18 Å². The normalized spacial score (nSPS) is 21.4. The van der Waals surface area contributed by atoms with Gasteiger partial charge in [-0.05, 0) is 36.5 Å². The molecule has 2 aliphatic heterocycles. The number of nitrogens with one attached hydrogen (secondary N) is 1. The third kappa shape index (κ3) is 2.33. The summed E-state index contributed by atoms with van der Waals surface area (Å²) in [6.45, 7) is 1.01. The van der Waals surface area contributed by atoms with Crippen molar-refractivity contribution in [3.05, 3.63) is 33.4 Å². The van der Waals surface area contributed by atoms with Gasteiger partial charge < -0.3 is 15.0 Å². The number of rotatable bonds is 2. The number of carbonyl (C=O) groups is 2. The molecule has 1 saturated carbocycles. The summed E-state index contributed by atoms with van der Waals surface area (Å²) in [4.78, 5) is 25.9. The molecule has 2 aromatic rings. The zero-order valence-electron chi connectivity index (χ0n) is 13.1. The van der Waals surface area contributed by atoms with Gasteiger partial charge >= 0.3 is 6.09 Å². The van der Waals surface area contributed by atoms with Crippen molar-refractivity contribution >= 4 is 45.0 Å². The minimum Gasteiger partial charge on any atom is -0.447 e. The molecule has 130 valence electrons. The topological polar surface area (TPSA) is 58.6 Å². The number of amides is 2. The van der Waals surface area contributed by atoms with E-state index < -0.39 is 11.6 Å². The van der Waals surface area contributed by atoms with E-state index in [0.29, 0.717) is 34.0 Å². The number of likely N-dealkylation sites (tertiary alicyclic amines) is 1. The summed E-state index contributed by atoms with van der Waals surface area (Å²) in [5.41, 5.74) is 0.496. The maximum Gasteiger partial charge on any atom is 0.407 e. The molecule has 2 saturated heterocycles. The smallest absolute Gasteiger partial charge is 0.407 e. The zero-order chi connectivity index (χ0) is 17.3. The Morgan fingerprint density at radius 3 is 2.80 bits per heavy atom. The molecule has 2 amide bonds. The molecule has 1 aliphatic carbocycles. The highest BCUT2D eigenvalue weighted by Gasteiger charge is 2.51. The first-order valence-corrected chi connectivity index (χ1v) is 9.31. The Kier molecular flexibility index (Phi) is 3.13. The molecular weight excluding hydrogens is 367 g/mol. The fourth-order valence-electron chi connectivity index (χ4n) is 3.59. The van der Waals surface area contributed by atoms with Crippen LogP contribution in [0, 0.1) is 5.82 Å². The van der Waals surface area contributed by atoms with Crippen molar-refractivity contribution in [1.29, 1.82) is 0 Å². The molecule has 5 nitrogen and oxygen atoms in total. The van der Waals surface area contributed by atoms with Crippen LogP contribution in [0.25, 0.3) is 10.1 Å². The predicted octanol–water partition coefficient (Wildman–Crippen LogP) is 3.51. The molecule has 0 unspecified atom stereocenters. The molecule has 0 atom stereocenters. The SMILES string of the molecule is O=C1NC2(CO1)CN(C(=O)c1sc3cc(C4CC4)cc(F)c3c1Cl)C2. The first-order chi connectivity index (χ1) is 12.0. The van der Waals surface area contributed by atoms with Crippen LogP contribution < -0.4 is 5.32 Å². The summed E-state index contributed by atoms with van der Waals surface area (Å²) in [5.74, 6) is -0.165. The molecule has 1 aromatic heterocycles. The second-order valence-corrected chi connectivity index (χ2v) is 8.47. The number of halogens is 2. The number of cyclic esters (lactones) is 1. The van der Waals surface area contributed by atoms with E-state index in [4.69, 9.17) is 16.3 Å². The van der Waals surface area contributed by atoms with Gasteiger partial charge in [-0.1, -0.05) is 11.6 Å². The number of fused-ring (bicyclic) bond motifs is 1. The van der Waals surface area contributed by atoms with E-state index >= 15 is 0 Å². The molecule has 3 fully saturated rings. The van der Waals surface area contributed by atoms with Crippen molar-refractivity contribution in [2.75, 3.05) is 19.7 Å². The van der Waals surface area contributed by atoms with Gasteiger partial charge in [0.1, 0.15) is 22.8 Å². The first kappa shape index (κ1) is 15.4. The Balaban J connectivity index is 1.45. The summed E-state index contributed by atoms with van der Waals surface area (Å²) in [5, 5.41) is 3.24. The molecular formula is C17H14ClFN2O3S. The summed E-state index contributed by atoms with van der Waals surface area (Å²) in [7, 11) is 0. The van der Waals surface area contributed by atoms with E-state index in [1.807, 2.05) is 6.07 Å². The highest BCUT2D eigenvalue weighted by molar-refractivity contribution is 7.21. The largest absolute Gasteiger partial charge is 0.447 e. The summed E-state index contributed by atoms with van der Waals surface area (Å²) in [6, 6.07) is 3.49. The van der Waals surface area contributed by atoms with E-state index in [-0.39, 0.29) is 23.4 Å². The molecule has 1 N–H and O–H groups in total. The third-order valence-corrected chi connectivity index (χ3v) is 6.69. The monoisotopic (exact) mass is 380 g/mol. The Morgan fingerprint density at radius 2 is 2.16 bits per heavy atom. The van der Waals surface area contributed by atoms with Crippen molar-refractivity contribution in [2.45, 2.75) is 24.3 Å².